The second-order valence-corrected chi connectivity index (χ2v) is 4.01. The third-order valence-electron chi connectivity index (χ3n) is 2.12. The molecule has 3 nitrogen and oxygen atoms in total. The van der Waals surface area contributed by atoms with Crippen molar-refractivity contribution in [3.63, 3.8) is 0 Å². The van der Waals surface area contributed by atoms with Gasteiger partial charge in [0.15, 0.2) is 0 Å². The van der Waals surface area contributed by atoms with Crippen molar-refractivity contribution in [1.29, 1.82) is 0 Å². The monoisotopic (exact) mass is 279 g/mol. The Morgan fingerprint density at radius 3 is 2.88 bits per heavy atom. The normalized spacial score (nSPS) is 10.3. The SMILES string of the molecule is O=C(OCCBr)c1ccc2ccccc2n1. The quantitative estimate of drug-likeness (QED) is 0.641. The number of carbonyl (C=O) groups is 1. The van der Waals surface area contributed by atoms with Crippen LogP contribution in [0.2, 0.25) is 0 Å². The number of carbonyl (C=O) groups excluding carboxylic acids is 1. The Morgan fingerprint density at radius 2 is 2.06 bits per heavy atom. The number of esters is 1. The molecule has 0 fully saturated rings. The molecular weight excluding hydrogens is 270 g/mol. The number of alkyl halides is 1. The van der Waals surface area contributed by atoms with Gasteiger partial charge >= 0.3 is 5.97 Å². The van der Waals surface area contributed by atoms with E-state index in [4.69, 9.17) is 4.74 Å². The van der Waals surface area contributed by atoms with E-state index in [0.29, 0.717) is 17.6 Å². The topological polar surface area (TPSA) is 39.2 Å². The third kappa shape index (κ3) is 2.39. The summed E-state index contributed by atoms with van der Waals surface area (Å²) in [5.74, 6) is -0.384. The van der Waals surface area contributed by atoms with E-state index in [1.165, 1.54) is 0 Å². The maximum Gasteiger partial charge on any atom is 0.356 e. The number of ether oxygens (including phenoxy) is 1. The minimum Gasteiger partial charge on any atom is -0.460 e. The van der Waals surface area contributed by atoms with Crippen molar-refractivity contribution in [2.24, 2.45) is 0 Å². The van der Waals surface area contributed by atoms with Gasteiger partial charge in [0.25, 0.3) is 0 Å². The molecule has 0 spiro atoms. The lowest BCUT2D eigenvalue weighted by atomic mass is 10.2. The van der Waals surface area contributed by atoms with Gasteiger partial charge in [-0.1, -0.05) is 40.2 Å². The molecular formula is C12H10BrNO2. The summed E-state index contributed by atoms with van der Waals surface area (Å²) in [7, 11) is 0. The van der Waals surface area contributed by atoms with Crippen molar-refractivity contribution in [1.82, 2.24) is 4.98 Å². The number of fused-ring (bicyclic) bond motifs is 1. The van der Waals surface area contributed by atoms with Gasteiger partial charge in [-0.15, -0.1) is 0 Å². The van der Waals surface area contributed by atoms with E-state index in [1.807, 2.05) is 30.3 Å². The average Bonchev–Trinajstić information content (AvgIpc) is 2.35. The largest absolute Gasteiger partial charge is 0.460 e. The second-order valence-electron chi connectivity index (χ2n) is 3.21. The zero-order valence-electron chi connectivity index (χ0n) is 8.52. The Hall–Kier alpha value is -1.42. The lowest BCUT2D eigenvalue weighted by Gasteiger charge is -2.03. The Bertz CT molecular complexity index is 513. The number of hydrogen-bond donors (Lipinski definition) is 0. The first kappa shape index (κ1) is 11.1. The van der Waals surface area contributed by atoms with E-state index in [2.05, 4.69) is 20.9 Å². The summed E-state index contributed by atoms with van der Waals surface area (Å²) >= 11 is 3.19. The van der Waals surface area contributed by atoms with Crippen molar-refractivity contribution >= 4 is 32.8 Å². The molecule has 0 aliphatic heterocycles. The standard InChI is InChI=1S/C12H10BrNO2/c13-7-8-16-12(15)11-6-5-9-3-1-2-4-10(9)14-11/h1-6H,7-8H2. The summed E-state index contributed by atoms with van der Waals surface area (Å²) in [5, 5.41) is 1.64. The van der Waals surface area contributed by atoms with Gasteiger partial charge in [-0.2, -0.15) is 0 Å². The Kier molecular flexibility index (Phi) is 3.51. The molecule has 1 aromatic carbocycles. The minimum atomic E-state index is -0.384. The van der Waals surface area contributed by atoms with E-state index in [-0.39, 0.29) is 5.97 Å². The molecule has 0 atom stereocenters. The van der Waals surface area contributed by atoms with Crippen molar-refractivity contribution in [3.8, 4) is 0 Å². The molecule has 0 bridgehead atoms. The number of nitrogens with zero attached hydrogens (tertiary/aromatic N) is 1. The summed E-state index contributed by atoms with van der Waals surface area (Å²) in [6.07, 6.45) is 0. The highest BCUT2D eigenvalue weighted by molar-refractivity contribution is 9.09. The maximum absolute atomic E-state index is 11.5. The summed E-state index contributed by atoms with van der Waals surface area (Å²) in [6.45, 7) is 0.355. The van der Waals surface area contributed by atoms with Crippen LogP contribution in [0.1, 0.15) is 10.5 Å². The van der Waals surface area contributed by atoms with Gasteiger partial charge in [0.2, 0.25) is 0 Å². The smallest absolute Gasteiger partial charge is 0.356 e. The molecule has 2 rings (SSSR count). The number of para-hydroxylation sites is 1. The lowest BCUT2D eigenvalue weighted by molar-refractivity contribution is 0.0525. The number of halogens is 1. The number of benzene rings is 1. The van der Waals surface area contributed by atoms with Crippen LogP contribution in [0.5, 0.6) is 0 Å². The maximum atomic E-state index is 11.5. The number of aromatic nitrogens is 1. The summed E-state index contributed by atoms with van der Waals surface area (Å²) in [6, 6.07) is 11.2. The van der Waals surface area contributed by atoms with Crippen molar-refractivity contribution in [3.05, 3.63) is 42.1 Å². The molecule has 4 heteroatoms. The van der Waals surface area contributed by atoms with Crippen LogP contribution < -0.4 is 0 Å². The second kappa shape index (κ2) is 5.07. The number of rotatable bonds is 3. The van der Waals surface area contributed by atoms with Gasteiger partial charge in [-0.3, -0.25) is 0 Å². The molecule has 0 amide bonds. The fourth-order valence-electron chi connectivity index (χ4n) is 1.38. The van der Waals surface area contributed by atoms with E-state index in [0.717, 1.165) is 10.9 Å². The molecule has 0 unspecified atom stereocenters. The predicted octanol–water partition coefficient (Wildman–Crippen LogP) is 2.79. The molecule has 82 valence electrons. The minimum absolute atomic E-state index is 0.347. The average molecular weight is 280 g/mol. The summed E-state index contributed by atoms with van der Waals surface area (Å²) in [4.78, 5) is 15.8. The van der Waals surface area contributed by atoms with Gasteiger partial charge < -0.3 is 4.74 Å². The number of hydrogen-bond acceptors (Lipinski definition) is 3. The molecule has 0 N–H and O–H groups in total. The first-order valence-electron chi connectivity index (χ1n) is 4.90. The zero-order chi connectivity index (χ0) is 11.4. The van der Waals surface area contributed by atoms with E-state index in [9.17, 15) is 4.79 Å². The van der Waals surface area contributed by atoms with Gasteiger partial charge in [-0.05, 0) is 12.1 Å². The Balaban J connectivity index is 2.28. The molecule has 0 saturated heterocycles. The lowest BCUT2D eigenvalue weighted by Crippen LogP contribution is -2.08. The van der Waals surface area contributed by atoms with Crippen LogP contribution in [0.25, 0.3) is 10.9 Å². The van der Waals surface area contributed by atoms with Crippen LogP contribution in [0.3, 0.4) is 0 Å². The van der Waals surface area contributed by atoms with Crippen LogP contribution in [-0.4, -0.2) is 22.9 Å². The fraction of sp³-hybridized carbons (Fsp3) is 0.167. The summed E-state index contributed by atoms with van der Waals surface area (Å²) in [5.41, 5.74) is 1.15. The molecule has 0 saturated carbocycles. The Labute approximate surface area is 102 Å². The van der Waals surface area contributed by atoms with Crippen LogP contribution in [0, 0.1) is 0 Å². The molecule has 1 aromatic heterocycles. The fourth-order valence-corrected chi connectivity index (χ4v) is 1.55. The van der Waals surface area contributed by atoms with E-state index < -0.39 is 0 Å². The first-order valence-corrected chi connectivity index (χ1v) is 6.02. The Morgan fingerprint density at radius 1 is 1.25 bits per heavy atom. The number of pyridine rings is 1. The van der Waals surface area contributed by atoms with E-state index >= 15 is 0 Å². The molecule has 0 aliphatic rings. The van der Waals surface area contributed by atoms with Crippen LogP contribution in [0.4, 0.5) is 0 Å². The predicted molar refractivity (Wildman–Crippen MR) is 65.8 cm³/mol. The molecule has 1 heterocycles. The molecule has 16 heavy (non-hydrogen) atoms. The van der Waals surface area contributed by atoms with Crippen molar-refractivity contribution in [2.75, 3.05) is 11.9 Å². The van der Waals surface area contributed by atoms with Crippen LogP contribution >= 0.6 is 15.9 Å². The van der Waals surface area contributed by atoms with Crippen molar-refractivity contribution in [2.45, 2.75) is 0 Å². The van der Waals surface area contributed by atoms with Gasteiger partial charge in [0.05, 0.1) is 5.52 Å². The van der Waals surface area contributed by atoms with Crippen LogP contribution in [0.15, 0.2) is 36.4 Å². The third-order valence-corrected chi connectivity index (χ3v) is 2.44. The van der Waals surface area contributed by atoms with E-state index in [1.54, 1.807) is 6.07 Å². The molecule has 0 radical (unpaired) electrons. The highest BCUT2D eigenvalue weighted by Gasteiger charge is 2.08. The first-order chi connectivity index (χ1) is 7.81. The highest BCUT2D eigenvalue weighted by Crippen LogP contribution is 2.12. The van der Waals surface area contributed by atoms with Crippen LogP contribution in [-0.2, 0) is 4.74 Å². The van der Waals surface area contributed by atoms with Gasteiger partial charge in [0.1, 0.15) is 12.3 Å². The van der Waals surface area contributed by atoms with Gasteiger partial charge in [-0.25, -0.2) is 9.78 Å². The molecule has 0 aliphatic carbocycles. The summed E-state index contributed by atoms with van der Waals surface area (Å²) < 4.78 is 4.98. The zero-order valence-corrected chi connectivity index (χ0v) is 10.1. The van der Waals surface area contributed by atoms with Gasteiger partial charge in [0, 0.05) is 10.7 Å². The molecule has 2 aromatic rings. The van der Waals surface area contributed by atoms with Crippen molar-refractivity contribution < 1.29 is 9.53 Å². The highest BCUT2D eigenvalue weighted by atomic mass is 79.9.